The molecule has 1 heterocycles. The van der Waals surface area contributed by atoms with Crippen LogP contribution < -0.4 is 5.32 Å². The molecule has 1 N–H and O–H groups in total. The molecule has 0 amide bonds. The van der Waals surface area contributed by atoms with Crippen LogP contribution in [-0.2, 0) is 9.47 Å². The number of nitrogens with zero attached hydrogens (tertiary/aromatic N) is 1. The third-order valence-electron chi connectivity index (χ3n) is 3.62. The van der Waals surface area contributed by atoms with E-state index in [1.54, 1.807) is 7.11 Å². The average Bonchev–Trinajstić information content (AvgIpc) is 2.34. The van der Waals surface area contributed by atoms with Gasteiger partial charge >= 0.3 is 0 Å². The number of rotatable bonds is 7. The fraction of sp³-hybridized carbons (Fsp3) is 1.00. The third kappa shape index (κ3) is 7.25. The molecule has 114 valence electrons. The van der Waals surface area contributed by atoms with Gasteiger partial charge in [-0.1, -0.05) is 0 Å². The van der Waals surface area contributed by atoms with Gasteiger partial charge in [-0.05, 0) is 47.1 Å². The topological polar surface area (TPSA) is 33.7 Å². The van der Waals surface area contributed by atoms with Gasteiger partial charge in [0, 0.05) is 38.4 Å². The Bertz CT molecular complexity index is 235. The minimum Gasteiger partial charge on any atom is -0.383 e. The number of hydrogen-bond donors (Lipinski definition) is 1. The maximum absolute atomic E-state index is 5.82. The van der Waals surface area contributed by atoms with Crippen LogP contribution in [0.5, 0.6) is 0 Å². The van der Waals surface area contributed by atoms with Crippen molar-refractivity contribution in [3.05, 3.63) is 0 Å². The molecule has 4 heteroatoms. The summed E-state index contributed by atoms with van der Waals surface area (Å²) in [7, 11) is 3.95. The van der Waals surface area contributed by atoms with Gasteiger partial charge in [0.25, 0.3) is 0 Å². The molecular weight excluding hydrogens is 240 g/mol. The van der Waals surface area contributed by atoms with Crippen molar-refractivity contribution in [1.82, 2.24) is 10.2 Å². The Kier molecular flexibility index (Phi) is 7.29. The fourth-order valence-corrected chi connectivity index (χ4v) is 2.38. The summed E-state index contributed by atoms with van der Waals surface area (Å²) in [6.07, 6.45) is 4.10. The Morgan fingerprint density at radius 1 is 1.37 bits per heavy atom. The first-order chi connectivity index (χ1) is 8.92. The normalized spacial score (nSPS) is 22.7. The van der Waals surface area contributed by atoms with Crippen LogP contribution in [-0.4, -0.2) is 63.0 Å². The Balaban J connectivity index is 2.39. The second kappa shape index (κ2) is 8.20. The molecule has 4 nitrogen and oxygen atoms in total. The van der Waals surface area contributed by atoms with Crippen LogP contribution in [0.1, 0.15) is 40.0 Å². The molecule has 0 aromatic heterocycles. The zero-order valence-corrected chi connectivity index (χ0v) is 13.4. The summed E-state index contributed by atoms with van der Waals surface area (Å²) in [4.78, 5) is 2.37. The summed E-state index contributed by atoms with van der Waals surface area (Å²) >= 11 is 0. The quantitative estimate of drug-likeness (QED) is 0.767. The van der Waals surface area contributed by atoms with Crippen LogP contribution in [0.15, 0.2) is 0 Å². The fourth-order valence-electron chi connectivity index (χ4n) is 2.38. The Hall–Kier alpha value is -0.160. The number of ether oxygens (including phenoxy) is 2. The van der Waals surface area contributed by atoms with Gasteiger partial charge in [0.2, 0.25) is 0 Å². The van der Waals surface area contributed by atoms with Crippen LogP contribution in [0.25, 0.3) is 0 Å². The average molecular weight is 272 g/mol. The molecule has 19 heavy (non-hydrogen) atoms. The molecule has 1 rings (SSSR count). The third-order valence-corrected chi connectivity index (χ3v) is 3.62. The van der Waals surface area contributed by atoms with Gasteiger partial charge in [0.15, 0.2) is 0 Å². The van der Waals surface area contributed by atoms with Gasteiger partial charge < -0.3 is 14.8 Å². The predicted octanol–water partition coefficient (Wildman–Crippen LogP) is 1.89. The monoisotopic (exact) mass is 272 g/mol. The van der Waals surface area contributed by atoms with E-state index in [-0.39, 0.29) is 5.54 Å². The maximum Gasteiger partial charge on any atom is 0.0702 e. The summed E-state index contributed by atoms with van der Waals surface area (Å²) in [5.41, 5.74) is 0.147. The molecule has 0 bridgehead atoms. The number of likely N-dealkylation sites (N-methyl/N-ethyl adjacent to an activating group) is 1. The molecule has 0 saturated carbocycles. The lowest BCUT2D eigenvalue weighted by Crippen LogP contribution is -2.50. The van der Waals surface area contributed by atoms with E-state index in [4.69, 9.17) is 9.47 Å². The van der Waals surface area contributed by atoms with E-state index in [9.17, 15) is 0 Å². The predicted molar refractivity (Wildman–Crippen MR) is 79.6 cm³/mol. The first-order valence-corrected chi connectivity index (χ1v) is 7.48. The second-order valence-corrected chi connectivity index (χ2v) is 6.67. The van der Waals surface area contributed by atoms with Crippen molar-refractivity contribution in [2.45, 2.75) is 57.7 Å². The minimum atomic E-state index is 0.147. The van der Waals surface area contributed by atoms with E-state index in [1.165, 1.54) is 19.3 Å². The van der Waals surface area contributed by atoms with Crippen LogP contribution >= 0.6 is 0 Å². The summed E-state index contributed by atoms with van der Waals surface area (Å²) in [6.45, 7) is 10.2. The lowest BCUT2D eigenvalue weighted by atomic mass is 10.1. The van der Waals surface area contributed by atoms with Crippen molar-refractivity contribution in [3.63, 3.8) is 0 Å². The Morgan fingerprint density at radius 2 is 2.11 bits per heavy atom. The Morgan fingerprint density at radius 3 is 2.63 bits per heavy atom. The highest BCUT2D eigenvalue weighted by Crippen LogP contribution is 2.14. The highest BCUT2D eigenvalue weighted by molar-refractivity contribution is 4.79. The van der Waals surface area contributed by atoms with Crippen LogP contribution in [0, 0.1) is 0 Å². The molecule has 2 atom stereocenters. The number of nitrogens with one attached hydrogen (secondary N) is 1. The van der Waals surface area contributed by atoms with Gasteiger partial charge in [-0.3, -0.25) is 4.90 Å². The summed E-state index contributed by atoms with van der Waals surface area (Å²) < 4.78 is 11.2. The largest absolute Gasteiger partial charge is 0.383 e. The van der Waals surface area contributed by atoms with E-state index in [0.717, 1.165) is 26.3 Å². The van der Waals surface area contributed by atoms with Crippen LogP contribution in [0.3, 0.4) is 0 Å². The molecule has 0 radical (unpaired) electrons. The summed E-state index contributed by atoms with van der Waals surface area (Å²) in [5, 5.41) is 3.56. The van der Waals surface area contributed by atoms with Crippen LogP contribution in [0.2, 0.25) is 0 Å². The van der Waals surface area contributed by atoms with Gasteiger partial charge in [-0.15, -0.1) is 0 Å². The van der Waals surface area contributed by atoms with E-state index in [2.05, 4.69) is 38.0 Å². The van der Waals surface area contributed by atoms with Gasteiger partial charge in [-0.25, -0.2) is 0 Å². The van der Waals surface area contributed by atoms with Crippen molar-refractivity contribution in [1.29, 1.82) is 0 Å². The summed E-state index contributed by atoms with van der Waals surface area (Å²) in [5.74, 6) is 0. The molecule has 0 aromatic carbocycles. The number of methoxy groups -OCH3 is 1. The van der Waals surface area contributed by atoms with Crippen LogP contribution in [0.4, 0.5) is 0 Å². The molecule has 0 spiro atoms. The van der Waals surface area contributed by atoms with E-state index in [1.807, 2.05) is 0 Å². The van der Waals surface area contributed by atoms with Crippen molar-refractivity contribution in [3.8, 4) is 0 Å². The van der Waals surface area contributed by atoms with Crippen molar-refractivity contribution in [2.75, 3.05) is 40.5 Å². The molecule has 0 aliphatic carbocycles. The zero-order chi connectivity index (χ0) is 14.3. The molecule has 0 aromatic rings. The van der Waals surface area contributed by atoms with Crippen molar-refractivity contribution < 1.29 is 9.47 Å². The van der Waals surface area contributed by atoms with Gasteiger partial charge in [0.05, 0.1) is 12.7 Å². The SMILES string of the molecule is COCC(CNC(C)(C)C)N(C)CC1CCCCO1. The first kappa shape index (κ1) is 16.9. The Labute approximate surface area is 118 Å². The van der Waals surface area contributed by atoms with Crippen molar-refractivity contribution in [2.24, 2.45) is 0 Å². The molecule has 1 fully saturated rings. The van der Waals surface area contributed by atoms with E-state index >= 15 is 0 Å². The maximum atomic E-state index is 5.82. The molecule has 1 aliphatic heterocycles. The van der Waals surface area contributed by atoms with Gasteiger partial charge in [-0.2, -0.15) is 0 Å². The number of hydrogen-bond acceptors (Lipinski definition) is 4. The first-order valence-electron chi connectivity index (χ1n) is 7.48. The highest BCUT2D eigenvalue weighted by Gasteiger charge is 2.22. The standard InChI is InChI=1S/C15H32N2O2/c1-15(2,3)16-10-13(12-18-5)17(4)11-14-8-6-7-9-19-14/h13-14,16H,6-12H2,1-5H3. The lowest BCUT2D eigenvalue weighted by Gasteiger charge is -2.34. The van der Waals surface area contributed by atoms with Gasteiger partial charge in [0.1, 0.15) is 0 Å². The second-order valence-electron chi connectivity index (χ2n) is 6.67. The molecule has 1 aliphatic rings. The zero-order valence-electron chi connectivity index (χ0n) is 13.4. The lowest BCUT2D eigenvalue weighted by molar-refractivity contribution is -0.0152. The van der Waals surface area contributed by atoms with E-state index < -0.39 is 0 Å². The van der Waals surface area contributed by atoms with Crippen molar-refractivity contribution >= 4 is 0 Å². The molecule has 1 saturated heterocycles. The highest BCUT2D eigenvalue weighted by atomic mass is 16.5. The molecule has 2 unspecified atom stereocenters. The molecular formula is C15H32N2O2. The minimum absolute atomic E-state index is 0.147. The summed E-state index contributed by atoms with van der Waals surface area (Å²) in [6, 6.07) is 0.398. The van der Waals surface area contributed by atoms with E-state index in [0.29, 0.717) is 12.1 Å². The smallest absolute Gasteiger partial charge is 0.0702 e.